The van der Waals surface area contributed by atoms with Gasteiger partial charge in [-0.05, 0) is 36.8 Å². The van der Waals surface area contributed by atoms with E-state index in [1.807, 2.05) is 12.3 Å². The number of hydrogen-bond donors (Lipinski definition) is 0. The van der Waals surface area contributed by atoms with E-state index in [1.54, 1.807) is 0 Å². The van der Waals surface area contributed by atoms with E-state index in [2.05, 4.69) is 24.0 Å². The fraction of sp³-hybridized carbons (Fsp3) is 0.545. The minimum Gasteiger partial charge on any atom is -0.261 e. The maximum atomic E-state index is 4.44. The summed E-state index contributed by atoms with van der Waals surface area (Å²) in [5.74, 6) is 0. The highest BCUT2D eigenvalue weighted by atomic mass is 14.8. The fourth-order valence-corrected chi connectivity index (χ4v) is 3.24. The lowest BCUT2D eigenvalue weighted by Crippen LogP contribution is -2.63. The van der Waals surface area contributed by atoms with Crippen molar-refractivity contribution in [2.75, 3.05) is 0 Å². The molecule has 3 aliphatic carbocycles. The molecule has 0 unspecified atom stereocenters. The standard InChI is InChI=1S/C11H13N/c1-10-6-11(7-10,8-10)9-4-2-3-5-12-9/h2-5H,6-8H2,1H3. The van der Waals surface area contributed by atoms with Crippen LogP contribution < -0.4 is 0 Å². The summed E-state index contributed by atoms with van der Waals surface area (Å²) in [5, 5.41) is 0. The van der Waals surface area contributed by atoms with Crippen LogP contribution in [0.3, 0.4) is 0 Å². The molecule has 0 N–H and O–H groups in total. The number of rotatable bonds is 1. The van der Waals surface area contributed by atoms with Gasteiger partial charge in [0, 0.05) is 17.3 Å². The smallest absolute Gasteiger partial charge is 0.0465 e. The largest absolute Gasteiger partial charge is 0.261 e. The summed E-state index contributed by atoms with van der Waals surface area (Å²) in [7, 11) is 0. The van der Waals surface area contributed by atoms with E-state index in [-0.39, 0.29) is 0 Å². The maximum Gasteiger partial charge on any atom is 0.0465 e. The second kappa shape index (κ2) is 1.73. The molecule has 0 radical (unpaired) electrons. The molecule has 1 heterocycles. The van der Waals surface area contributed by atoms with Crippen LogP contribution in [0, 0.1) is 5.41 Å². The summed E-state index contributed by atoms with van der Waals surface area (Å²) in [6.07, 6.45) is 6.03. The topological polar surface area (TPSA) is 12.9 Å². The maximum absolute atomic E-state index is 4.44. The molecule has 3 fully saturated rings. The van der Waals surface area contributed by atoms with Gasteiger partial charge in [0.05, 0.1) is 0 Å². The van der Waals surface area contributed by atoms with Gasteiger partial charge < -0.3 is 0 Å². The average Bonchev–Trinajstić information content (AvgIpc) is 1.99. The zero-order chi connectivity index (χ0) is 8.23. The summed E-state index contributed by atoms with van der Waals surface area (Å²) in [6, 6.07) is 6.28. The zero-order valence-electron chi connectivity index (χ0n) is 7.38. The summed E-state index contributed by atoms with van der Waals surface area (Å²) >= 11 is 0. The molecule has 2 bridgehead atoms. The molecule has 1 nitrogen and oxygen atoms in total. The normalized spacial score (nSPS) is 43.1. The Morgan fingerprint density at radius 2 is 2.00 bits per heavy atom. The Morgan fingerprint density at radius 3 is 2.50 bits per heavy atom. The summed E-state index contributed by atoms with van der Waals surface area (Å²) in [6.45, 7) is 2.39. The van der Waals surface area contributed by atoms with Crippen molar-refractivity contribution in [2.24, 2.45) is 5.41 Å². The molecule has 4 rings (SSSR count). The number of pyridine rings is 1. The molecule has 1 aromatic heterocycles. The Kier molecular flexibility index (Phi) is 0.959. The lowest BCUT2D eigenvalue weighted by molar-refractivity contribution is -0.128. The summed E-state index contributed by atoms with van der Waals surface area (Å²) in [4.78, 5) is 4.44. The lowest BCUT2D eigenvalue weighted by atomic mass is 9.35. The van der Waals surface area contributed by atoms with Gasteiger partial charge in [-0.15, -0.1) is 0 Å². The first-order valence-corrected chi connectivity index (χ1v) is 4.64. The van der Waals surface area contributed by atoms with Gasteiger partial charge in [-0.1, -0.05) is 13.0 Å². The van der Waals surface area contributed by atoms with Crippen molar-refractivity contribution in [3.63, 3.8) is 0 Å². The van der Waals surface area contributed by atoms with Crippen LogP contribution in [0.15, 0.2) is 24.4 Å². The zero-order valence-corrected chi connectivity index (χ0v) is 7.38. The van der Waals surface area contributed by atoms with Crippen LogP contribution in [0.5, 0.6) is 0 Å². The van der Waals surface area contributed by atoms with Gasteiger partial charge in [0.15, 0.2) is 0 Å². The highest BCUT2D eigenvalue weighted by molar-refractivity contribution is 5.33. The summed E-state index contributed by atoms with van der Waals surface area (Å²) in [5.41, 5.74) is 2.53. The Morgan fingerprint density at radius 1 is 1.25 bits per heavy atom. The Labute approximate surface area is 72.8 Å². The minimum atomic E-state index is 0.510. The van der Waals surface area contributed by atoms with Crippen molar-refractivity contribution in [1.82, 2.24) is 4.98 Å². The van der Waals surface area contributed by atoms with Crippen LogP contribution in [0.1, 0.15) is 31.9 Å². The van der Waals surface area contributed by atoms with Crippen LogP contribution in [0.25, 0.3) is 0 Å². The molecule has 3 aliphatic rings. The van der Waals surface area contributed by atoms with Crippen molar-refractivity contribution in [1.29, 1.82) is 0 Å². The first-order valence-electron chi connectivity index (χ1n) is 4.64. The third-order valence-corrected chi connectivity index (χ3v) is 3.50. The molecule has 1 heteroatoms. The van der Waals surface area contributed by atoms with E-state index in [0.717, 1.165) is 0 Å². The third kappa shape index (κ3) is 0.626. The van der Waals surface area contributed by atoms with Crippen LogP contribution >= 0.6 is 0 Å². The molecule has 12 heavy (non-hydrogen) atoms. The fourth-order valence-electron chi connectivity index (χ4n) is 3.24. The number of nitrogens with zero attached hydrogens (tertiary/aromatic N) is 1. The van der Waals surface area contributed by atoms with E-state index in [0.29, 0.717) is 10.8 Å². The summed E-state index contributed by atoms with van der Waals surface area (Å²) < 4.78 is 0. The molecule has 0 saturated heterocycles. The van der Waals surface area contributed by atoms with Gasteiger partial charge in [-0.3, -0.25) is 4.98 Å². The molecule has 0 aromatic carbocycles. The molecule has 1 aromatic rings. The van der Waals surface area contributed by atoms with Crippen molar-refractivity contribution < 1.29 is 0 Å². The van der Waals surface area contributed by atoms with Crippen LogP contribution in [-0.2, 0) is 5.41 Å². The lowest BCUT2D eigenvalue weighted by Gasteiger charge is -2.69. The molecule has 62 valence electrons. The molecule has 0 atom stereocenters. The highest BCUT2D eigenvalue weighted by Crippen LogP contribution is 2.72. The van der Waals surface area contributed by atoms with E-state index in [9.17, 15) is 0 Å². The first-order chi connectivity index (χ1) is 5.73. The molecule has 0 amide bonds. The second-order valence-electron chi connectivity index (χ2n) is 4.84. The van der Waals surface area contributed by atoms with Gasteiger partial charge in [-0.25, -0.2) is 0 Å². The molecular formula is C11H13N. The van der Waals surface area contributed by atoms with E-state index < -0.39 is 0 Å². The van der Waals surface area contributed by atoms with Crippen LogP contribution in [-0.4, -0.2) is 4.98 Å². The van der Waals surface area contributed by atoms with Gasteiger partial charge >= 0.3 is 0 Å². The predicted molar refractivity (Wildman–Crippen MR) is 47.9 cm³/mol. The van der Waals surface area contributed by atoms with Gasteiger partial charge in [0.2, 0.25) is 0 Å². The first kappa shape index (κ1) is 6.64. The van der Waals surface area contributed by atoms with Crippen LogP contribution in [0.2, 0.25) is 0 Å². The van der Waals surface area contributed by atoms with E-state index in [1.165, 1.54) is 25.0 Å². The van der Waals surface area contributed by atoms with Crippen molar-refractivity contribution in [2.45, 2.75) is 31.6 Å². The Bertz CT molecular complexity index is 295. The van der Waals surface area contributed by atoms with Crippen molar-refractivity contribution >= 4 is 0 Å². The number of hydrogen-bond acceptors (Lipinski definition) is 1. The van der Waals surface area contributed by atoms with Gasteiger partial charge in [0.1, 0.15) is 0 Å². The van der Waals surface area contributed by atoms with Gasteiger partial charge in [-0.2, -0.15) is 0 Å². The quantitative estimate of drug-likeness (QED) is 0.613. The van der Waals surface area contributed by atoms with Crippen molar-refractivity contribution in [3.8, 4) is 0 Å². The third-order valence-electron chi connectivity index (χ3n) is 3.50. The molecule has 0 aliphatic heterocycles. The second-order valence-corrected chi connectivity index (χ2v) is 4.84. The van der Waals surface area contributed by atoms with Crippen LogP contribution in [0.4, 0.5) is 0 Å². The molecule has 3 saturated carbocycles. The predicted octanol–water partition coefficient (Wildman–Crippen LogP) is 2.52. The van der Waals surface area contributed by atoms with Gasteiger partial charge in [0.25, 0.3) is 0 Å². The SMILES string of the molecule is CC12CC(c3ccccn3)(C1)C2. The monoisotopic (exact) mass is 159 g/mol. The molecule has 0 spiro atoms. The highest BCUT2D eigenvalue weighted by Gasteiger charge is 2.66. The van der Waals surface area contributed by atoms with E-state index in [4.69, 9.17) is 0 Å². The van der Waals surface area contributed by atoms with Crippen molar-refractivity contribution in [3.05, 3.63) is 30.1 Å². The Hall–Kier alpha value is -0.850. The minimum absolute atomic E-state index is 0.510. The molecular weight excluding hydrogens is 146 g/mol. The van der Waals surface area contributed by atoms with E-state index >= 15 is 0 Å². The number of aromatic nitrogens is 1. The average molecular weight is 159 g/mol. The Balaban J connectivity index is 1.94.